The Kier molecular flexibility index (Phi) is 8.96. The first-order chi connectivity index (χ1) is 14.7. The number of amides is 1. The van der Waals surface area contributed by atoms with Gasteiger partial charge in [0.05, 0.1) is 13.2 Å². The van der Waals surface area contributed by atoms with Crippen molar-refractivity contribution in [3.8, 4) is 0 Å². The van der Waals surface area contributed by atoms with Crippen molar-refractivity contribution in [2.24, 2.45) is 4.99 Å². The molecule has 1 unspecified atom stereocenters. The summed E-state index contributed by atoms with van der Waals surface area (Å²) in [6.07, 6.45) is 3.97. The number of nitrogens with zero attached hydrogens (tertiary/aromatic N) is 3. The Balaban J connectivity index is 1.44. The van der Waals surface area contributed by atoms with Crippen LogP contribution in [0, 0.1) is 0 Å². The molecular formula is C23H37N5O2. The Bertz CT molecular complexity index is 703. The van der Waals surface area contributed by atoms with Crippen LogP contribution >= 0.6 is 0 Å². The van der Waals surface area contributed by atoms with Gasteiger partial charge in [-0.3, -0.25) is 14.7 Å². The Morgan fingerprint density at radius 1 is 1.13 bits per heavy atom. The molecule has 7 nitrogen and oxygen atoms in total. The Morgan fingerprint density at radius 2 is 1.90 bits per heavy atom. The van der Waals surface area contributed by atoms with Gasteiger partial charge in [0.15, 0.2) is 5.96 Å². The van der Waals surface area contributed by atoms with Gasteiger partial charge in [0.25, 0.3) is 0 Å². The van der Waals surface area contributed by atoms with Crippen molar-refractivity contribution in [2.45, 2.75) is 51.7 Å². The summed E-state index contributed by atoms with van der Waals surface area (Å²) < 4.78 is 5.45. The summed E-state index contributed by atoms with van der Waals surface area (Å²) in [4.78, 5) is 21.3. The van der Waals surface area contributed by atoms with Gasteiger partial charge in [-0.2, -0.15) is 0 Å². The minimum Gasteiger partial charge on any atom is -0.379 e. The second-order valence-electron chi connectivity index (χ2n) is 8.19. The average Bonchev–Trinajstić information content (AvgIpc) is 2.78. The van der Waals surface area contributed by atoms with Crippen molar-refractivity contribution in [1.82, 2.24) is 20.4 Å². The zero-order valence-electron chi connectivity index (χ0n) is 18.5. The van der Waals surface area contributed by atoms with Crippen LogP contribution in [0.4, 0.5) is 0 Å². The molecule has 2 fully saturated rings. The predicted molar refractivity (Wildman–Crippen MR) is 120 cm³/mol. The minimum atomic E-state index is 0.237. The molecule has 1 aromatic rings. The molecule has 2 heterocycles. The molecule has 7 heteroatoms. The maximum absolute atomic E-state index is 12.5. The lowest BCUT2D eigenvalue weighted by molar-refractivity contribution is -0.134. The Labute approximate surface area is 180 Å². The highest BCUT2D eigenvalue weighted by Crippen LogP contribution is 2.17. The smallest absolute Gasteiger partial charge is 0.224 e. The zero-order valence-corrected chi connectivity index (χ0v) is 18.5. The first-order valence-corrected chi connectivity index (χ1v) is 11.3. The van der Waals surface area contributed by atoms with Crippen LogP contribution in [0.5, 0.6) is 0 Å². The van der Waals surface area contributed by atoms with Gasteiger partial charge in [-0.05, 0) is 37.3 Å². The number of guanidine groups is 1. The normalized spacial score (nSPS) is 20.8. The standard InChI is InChI=1S/C23H37N5O2/c1-19-7-5-6-12-28(19)22(29)10-11-25-23(24-2)26-17-20-8-3-4-9-21(20)18-27-13-15-30-16-14-27/h3-4,8-9,19H,5-7,10-18H2,1-2H3,(H2,24,25,26). The van der Waals surface area contributed by atoms with Crippen LogP contribution in [0.1, 0.15) is 43.7 Å². The third-order valence-electron chi connectivity index (χ3n) is 6.04. The van der Waals surface area contributed by atoms with Crippen molar-refractivity contribution in [3.05, 3.63) is 35.4 Å². The lowest BCUT2D eigenvalue weighted by atomic mass is 10.0. The van der Waals surface area contributed by atoms with Crippen molar-refractivity contribution in [2.75, 3.05) is 46.4 Å². The fraction of sp³-hybridized carbons (Fsp3) is 0.652. The molecule has 2 saturated heterocycles. The van der Waals surface area contributed by atoms with E-state index >= 15 is 0 Å². The molecule has 0 spiro atoms. The van der Waals surface area contributed by atoms with Crippen LogP contribution in [0.15, 0.2) is 29.3 Å². The second kappa shape index (κ2) is 11.9. The number of carbonyl (C=O) groups excluding carboxylic acids is 1. The molecule has 1 atom stereocenters. The molecule has 0 saturated carbocycles. The number of carbonyl (C=O) groups is 1. The Morgan fingerprint density at radius 3 is 2.63 bits per heavy atom. The second-order valence-corrected chi connectivity index (χ2v) is 8.19. The van der Waals surface area contributed by atoms with Crippen LogP contribution in [-0.4, -0.2) is 74.1 Å². The fourth-order valence-corrected chi connectivity index (χ4v) is 4.18. The van der Waals surface area contributed by atoms with E-state index in [0.29, 0.717) is 25.6 Å². The summed E-state index contributed by atoms with van der Waals surface area (Å²) >= 11 is 0. The van der Waals surface area contributed by atoms with Crippen molar-refractivity contribution in [3.63, 3.8) is 0 Å². The van der Waals surface area contributed by atoms with Crippen LogP contribution in [0.2, 0.25) is 0 Å². The van der Waals surface area contributed by atoms with Gasteiger partial charge in [0.1, 0.15) is 0 Å². The van der Waals surface area contributed by atoms with Gasteiger partial charge in [-0.15, -0.1) is 0 Å². The van der Waals surface area contributed by atoms with E-state index < -0.39 is 0 Å². The molecule has 0 aromatic heterocycles. The minimum absolute atomic E-state index is 0.237. The fourth-order valence-electron chi connectivity index (χ4n) is 4.18. The highest BCUT2D eigenvalue weighted by atomic mass is 16.5. The summed E-state index contributed by atoms with van der Waals surface area (Å²) in [6, 6.07) is 8.90. The topological polar surface area (TPSA) is 69.2 Å². The zero-order chi connectivity index (χ0) is 21.2. The number of rotatable bonds is 7. The van der Waals surface area contributed by atoms with E-state index in [1.807, 2.05) is 4.90 Å². The van der Waals surface area contributed by atoms with Gasteiger partial charge in [0.2, 0.25) is 5.91 Å². The van der Waals surface area contributed by atoms with E-state index in [9.17, 15) is 4.79 Å². The summed E-state index contributed by atoms with van der Waals surface area (Å²) in [5, 5.41) is 6.69. The van der Waals surface area contributed by atoms with Gasteiger partial charge in [-0.1, -0.05) is 24.3 Å². The van der Waals surface area contributed by atoms with Gasteiger partial charge >= 0.3 is 0 Å². The molecule has 0 radical (unpaired) electrons. The maximum Gasteiger partial charge on any atom is 0.224 e. The predicted octanol–water partition coefficient (Wildman–Crippen LogP) is 1.97. The molecular weight excluding hydrogens is 378 g/mol. The van der Waals surface area contributed by atoms with E-state index in [1.165, 1.54) is 17.5 Å². The first kappa shape index (κ1) is 22.6. The van der Waals surface area contributed by atoms with Crippen LogP contribution in [0.25, 0.3) is 0 Å². The molecule has 166 valence electrons. The molecule has 1 aromatic carbocycles. The molecule has 0 bridgehead atoms. The summed E-state index contributed by atoms with van der Waals surface area (Å²) in [5.41, 5.74) is 2.60. The van der Waals surface area contributed by atoms with E-state index in [0.717, 1.165) is 58.2 Å². The largest absolute Gasteiger partial charge is 0.379 e. The first-order valence-electron chi connectivity index (χ1n) is 11.3. The molecule has 2 N–H and O–H groups in total. The number of ether oxygens (including phenoxy) is 1. The molecule has 2 aliphatic rings. The van der Waals surface area contributed by atoms with Gasteiger partial charge in [0, 0.05) is 58.8 Å². The number of hydrogen-bond acceptors (Lipinski definition) is 4. The monoisotopic (exact) mass is 415 g/mol. The van der Waals surface area contributed by atoms with Crippen LogP contribution in [-0.2, 0) is 22.6 Å². The molecule has 1 amide bonds. The van der Waals surface area contributed by atoms with Crippen LogP contribution in [0.3, 0.4) is 0 Å². The number of nitrogens with one attached hydrogen (secondary N) is 2. The lowest BCUT2D eigenvalue weighted by Gasteiger charge is -2.33. The van der Waals surface area contributed by atoms with E-state index in [4.69, 9.17) is 4.74 Å². The van der Waals surface area contributed by atoms with E-state index in [1.54, 1.807) is 7.05 Å². The Hall–Kier alpha value is -2.12. The van der Waals surface area contributed by atoms with E-state index in [2.05, 4.69) is 51.7 Å². The van der Waals surface area contributed by atoms with Crippen molar-refractivity contribution < 1.29 is 9.53 Å². The third-order valence-corrected chi connectivity index (χ3v) is 6.04. The molecule has 2 aliphatic heterocycles. The van der Waals surface area contributed by atoms with Crippen molar-refractivity contribution in [1.29, 1.82) is 0 Å². The summed E-state index contributed by atoms with van der Waals surface area (Å²) in [5.74, 6) is 0.969. The average molecular weight is 416 g/mol. The number of aliphatic imine (C=N–C) groups is 1. The van der Waals surface area contributed by atoms with Gasteiger partial charge < -0.3 is 20.3 Å². The number of benzene rings is 1. The molecule has 30 heavy (non-hydrogen) atoms. The summed E-state index contributed by atoms with van der Waals surface area (Å²) in [6.45, 7) is 8.87. The van der Waals surface area contributed by atoms with Crippen LogP contribution < -0.4 is 10.6 Å². The quantitative estimate of drug-likeness (QED) is 0.526. The summed E-state index contributed by atoms with van der Waals surface area (Å²) in [7, 11) is 1.77. The van der Waals surface area contributed by atoms with Crippen molar-refractivity contribution >= 4 is 11.9 Å². The third kappa shape index (κ3) is 6.71. The SMILES string of the molecule is CN=C(NCCC(=O)N1CCCCC1C)NCc1ccccc1CN1CCOCC1. The number of morpholine rings is 1. The highest BCUT2D eigenvalue weighted by molar-refractivity contribution is 5.81. The van der Waals surface area contributed by atoms with Gasteiger partial charge in [-0.25, -0.2) is 0 Å². The number of piperidine rings is 1. The lowest BCUT2D eigenvalue weighted by Crippen LogP contribution is -2.44. The molecule has 3 rings (SSSR count). The maximum atomic E-state index is 12.5. The number of likely N-dealkylation sites (tertiary alicyclic amines) is 1. The van der Waals surface area contributed by atoms with E-state index in [-0.39, 0.29) is 5.91 Å². The molecule has 0 aliphatic carbocycles. The number of hydrogen-bond donors (Lipinski definition) is 2. The highest BCUT2D eigenvalue weighted by Gasteiger charge is 2.22.